The normalized spacial score (nSPS) is 18.2. The molecule has 7 nitrogen and oxygen atoms in total. The second-order valence-electron chi connectivity index (χ2n) is 7.28. The molecule has 0 unspecified atom stereocenters. The Kier molecular flexibility index (Phi) is 8.71. The van der Waals surface area contributed by atoms with Crippen LogP contribution in [0.25, 0.3) is 0 Å². The number of methoxy groups -OCH3 is 1. The second-order valence-corrected chi connectivity index (χ2v) is 7.28. The van der Waals surface area contributed by atoms with Crippen LogP contribution in [0.5, 0.6) is 0 Å². The molecule has 1 aromatic carbocycles. The highest BCUT2D eigenvalue weighted by Crippen LogP contribution is 2.25. The molecule has 0 aromatic heterocycles. The maximum Gasteiger partial charge on any atom is 0.331 e. The monoisotopic (exact) mass is 426 g/mol. The van der Waals surface area contributed by atoms with Gasteiger partial charge in [0.15, 0.2) is 17.7 Å². The van der Waals surface area contributed by atoms with Crippen LogP contribution >= 0.6 is 0 Å². The molecule has 2 amide bonds. The number of carbonyl (C=O) groups is 3. The maximum absolute atomic E-state index is 14.0. The number of nitrogens with one attached hydrogen (secondary N) is 1. The number of esters is 1. The van der Waals surface area contributed by atoms with Crippen LogP contribution in [-0.2, 0) is 30.4 Å². The molecule has 0 saturated carbocycles. The number of carbonyl (C=O) groups excluding carboxylic acids is 3. The predicted molar refractivity (Wildman–Crippen MR) is 104 cm³/mol. The summed E-state index contributed by atoms with van der Waals surface area (Å²) < 4.78 is 37.8. The zero-order valence-electron chi connectivity index (χ0n) is 17.5. The zero-order valence-corrected chi connectivity index (χ0v) is 17.5. The molecule has 1 saturated heterocycles. The van der Waals surface area contributed by atoms with Crippen molar-refractivity contribution in [2.24, 2.45) is 0 Å². The fraction of sp³-hybridized carbons (Fsp3) is 0.571. The number of hydrogen-bond donors (Lipinski definition) is 1. The Morgan fingerprint density at radius 3 is 2.73 bits per heavy atom. The standard InChI is InChI=1S/C21H28F2N2O5/c1-4-10-30-21(28)20(13(2)29-3)24-17(26)11-15-8-9-18(27)25(15)12-14-6-5-7-16(22)19(14)23/h5-7,13,15,20H,4,8-12H2,1-3H3,(H,24,26)/t13-,15+,20+/m1/s1. The molecule has 0 aliphatic carbocycles. The lowest BCUT2D eigenvalue weighted by Gasteiger charge is -2.27. The van der Waals surface area contributed by atoms with E-state index in [1.165, 1.54) is 24.1 Å². The molecule has 2 rings (SSSR count). The van der Waals surface area contributed by atoms with Gasteiger partial charge in [-0.2, -0.15) is 0 Å². The van der Waals surface area contributed by atoms with E-state index in [0.29, 0.717) is 12.8 Å². The van der Waals surface area contributed by atoms with Crippen molar-refractivity contribution in [2.75, 3.05) is 13.7 Å². The molecule has 3 atom stereocenters. The van der Waals surface area contributed by atoms with Gasteiger partial charge in [0.2, 0.25) is 11.8 Å². The van der Waals surface area contributed by atoms with E-state index in [4.69, 9.17) is 9.47 Å². The highest BCUT2D eigenvalue weighted by atomic mass is 19.2. The summed E-state index contributed by atoms with van der Waals surface area (Å²) in [6, 6.07) is 2.31. The zero-order chi connectivity index (χ0) is 22.3. The first-order valence-electron chi connectivity index (χ1n) is 9.99. The molecule has 0 bridgehead atoms. The number of rotatable bonds is 10. The average Bonchev–Trinajstić information content (AvgIpc) is 3.06. The first-order chi connectivity index (χ1) is 14.3. The SMILES string of the molecule is CCCOC(=O)[C@@H](NC(=O)C[C@@H]1CCC(=O)N1Cc1cccc(F)c1F)[C@@H](C)OC. The fourth-order valence-electron chi connectivity index (χ4n) is 3.32. The van der Waals surface area contributed by atoms with E-state index in [1.807, 2.05) is 6.92 Å². The minimum atomic E-state index is -1.01. The van der Waals surface area contributed by atoms with Gasteiger partial charge in [0.25, 0.3) is 0 Å². The molecular formula is C21H28F2N2O5. The van der Waals surface area contributed by atoms with Gasteiger partial charge < -0.3 is 19.7 Å². The van der Waals surface area contributed by atoms with E-state index in [2.05, 4.69) is 5.32 Å². The summed E-state index contributed by atoms with van der Waals surface area (Å²) >= 11 is 0. The van der Waals surface area contributed by atoms with E-state index in [9.17, 15) is 23.2 Å². The van der Waals surface area contributed by atoms with Gasteiger partial charge >= 0.3 is 5.97 Å². The fourth-order valence-corrected chi connectivity index (χ4v) is 3.32. The Labute approximate surface area is 174 Å². The van der Waals surface area contributed by atoms with E-state index in [1.54, 1.807) is 6.92 Å². The third-order valence-electron chi connectivity index (χ3n) is 5.11. The van der Waals surface area contributed by atoms with Gasteiger partial charge in [0, 0.05) is 38.1 Å². The highest BCUT2D eigenvalue weighted by molar-refractivity contribution is 5.86. The van der Waals surface area contributed by atoms with Gasteiger partial charge in [-0.15, -0.1) is 0 Å². The number of ether oxygens (including phenoxy) is 2. The van der Waals surface area contributed by atoms with Gasteiger partial charge in [-0.05, 0) is 25.8 Å². The smallest absolute Gasteiger partial charge is 0.331 e. The van der Waals surface area contributed by atoms with Crippen molar-refractivity contribution in [2.45, 2.75) is 64.3 Å². The van der Waals surface area contributed by atoms with Crippen molar-refractivity contribution in [3.8, 4) is 0 Å². The first-order valence-corrected chi connectivity index (χ1v) is 9.99. The Bertz CT molecular complexity index is 774. The van der Waals surface area contributed by atoms with Gasteiger partial charge in [0.05, 0.1) is 12.7 Å². The molecule has 166 valence electrons. The number of likely N-dealkylation sites (tertiary alicyclic amines) is 1. The molecule has 1 aliphatic heterocycles. The lowest BCUT2D eigenvalue weighted by atomic mass is 10.1. The summed E-state index contributed by atoms with van der Waals surface area (Å²) in [5.41, 5.74) is 0.0460. The van der Waals surface area contributed by atoms with Crippen molar-refractivity contribution < 1.29 is 32.6 Å². The number of hydrogen-bond acceptors (Lipinski definition) is 5. The van der Waals surface area contributed by atoms with Crippen molar-refractivity contribution in [3.63, 3.8) is 0 Å². The van der Waals surface area contributed by atoms with E-state index in [-0.39, 0.29) is 37.5 Å². The van der Waals surface area contributed by atoms with Gasteiger partial charge in [-0.1, -0.05) is 19.1 Å². The predicted octanol–water partition coefficient (Wildman–Crippen LogP) is 2.32. The second kappa shape index (κ2) is 11.0. The topological polar surface area (TPSA) is 84.9 Å². The van der Waals surface area contributed by atoms with Crippen LogP contribution in [-0.4, -0.2) is 54.6 Å². The van der Waals surface area contributed by atoms with Crippen molar-refractivity contribution >= 4 is 17.8 Å². The highest BCUT2D eigenvalue weighted by Gasteiger charge is 2.35. The molecule has 9 heteroatoms. The molecule has 1 aliphatic rings. The Hall–Kier alpha value is -2.55. The summed E-state index contributed by atoms with van der Waals surface area (Å²) in [6.07, 6.45) is 0.584. The minimum absolute atomic E-state index is 0.0460. The average molecular weight is 426 g/mol. The maximum atomic E-state index is 14.0. The lowest BCUT2D eigenvalue weighted by Crippen LogP contribution is -2.50. The van der Waals surface area contributed by atoms with Crippen LogP contribution in [0.4, 0.5) is 8.78 Å². The number of halogens is 2. The Morgan fingerprint density at radius 1 is 1.33 bits per heavy atom. The van der Waals surface area contributed by atoms with Crippen LogP contribution in [0.3, 0.4) is 0 Å². The van der Waals surface area contributed by atoms with Crippen molar-refractivity contribution in [3.05, 3.63) is 35.4 Å². The Balaban J connectivity index is 2.05. The molecule has 30 heavy (non-hydrogen) atoms. The van der Waals surface area contributed by atoms with Crippen LogP contribution in [0.15, 0.2) is 18.2 Å². The third-order valence-corrected chi connectivity index (χ3v) is 5.11. The summed E-state index contributed by atoms with van der Waals surface area (Å²) in [7, 11) is 1.42. The van der Waals surface area contributed by atoms with E-state index in [0.717, 1.165) is 6.07 Å². The van der Waals surface area contributed by atoms with E-state index < -0.39 is 41.7 Å². The van der Waals surface area contributed by atoms with Crippen LogP contribution in [0, 0.1) is 11.6 Å². The Morgan fingerprint density at radius 2 is 2.07 bits per heavy atom. The molecular weight excluding hydrogens is 398 g/mol. The lowest BCUT2D eigenvalue weighted by molar-refractivity contribution is -0.151. The summed E-state index contributed by atoms with van der Waals surface area (Å²) in [5, 5.41) is 2.61. The number of amides is 2. The van der Waals surface area contributed by atoms with Crippen molar-refractivity contribution in [1.82, 2.24) is 10.2 Å². The van der Waals surface area contributed by atoms with Crippen LogP contribution in [0.1, 0.15) is 45.1 Å². The number of benzene rings is 1. The minimum Gasteiger partial charge on any atom is -0.464 e. The summed E-state index contributed by atoms with van der Waals surface area (Å²) in [5.74, 6) is -3.29. The van der Waals surface area contributed by atoms with E-state index >= 15 is 0 Å². The number of nitrogens with zero attached hydrogens (tertiary/aromatic N) is 1. The molecule has 1 aromatic rings. The largest absolute Gasteiger partial charge is 0.464 e. The molecule has 0 spiro atoms. The summed E-state index contributed by atoms with van der Waals surface area (Å²) in [6.45, 7) is 3.59. The van der Waals surface area contributed by atoms with Gasteiger partial charge in [-0.25, -0.2) is 13.6 Å². The molecule has 1 heterocycles. The van der Waals surface area contributed by atoms with Crippen molar-refractivity contribution in [1.29, 1.82) is 0 Å². The molecule has 1 fully saturated rings. The molecule has 0 radical (unpaired) electrons. The van der Waals surface area contributed by atoms with Crippen LogP contribution < -0.4 is 5.32 Å². The summed E-state index contributed by atoms with van der Waals surface area (Å²) in [4.78, 5) is 38.5. The quantitative estimate of drug-likeness (QED) is 0.581. The first kappa shape index (κ1) is 23.7. The van der Waals surface area contributed by atoms with Crippen LogP contribution in [0.2, 0.25) is 0 Å². The van der Waals surface area contributed by atoms with Gasteiger partial charge in [0.1, 0.15) is 0 Å². The third kappa shape index (κ3) is 5.98. The molecule has 1 N–H and O–H groups in total. The van der Waals surface area contributed by atoms with Gasteiger partial charge in [-0.3, -0.25) is 9.59 Å².